The summed E-state index contributed by atoms with van der Waals surface area (Å²) in [5.74, 6) is -1.26. The molecule has 0 aliphatic rings. The summed E-state index contributed by atoms with van der Waals surface area (Å²) in [5, 5.41) is 12.5. The first-order valence-corrected chi connectivity index (χ1v) is 6.34. The number of methoxy groups -OCH3 is 1. The first-order valence-electron chi connectivity index (χ1n) is 6.34. The Bertz CT molecular complexity index is 423. The van der Waals surface area contributed by atoms with E-state index in [1.807, 2.05) is 6.92 Å². The molecule has 0 bridgehead atoms. The maximum Gasteiger partial charge on any atom is 0.340 e. The topological polar surface area (TPSA) is 58.6 Å². The zero-order chi connectivity index (χ0) is 14.3. The molecule has 1 aromatic rings. The van der Waals surface area contributed by atoms with E-state index >= 15 is 0 Å². The number of halogens is 1. The third-order valence-electron chi connectivity index (χ3n) is 2.89. The van der Waals surface area contributed by atoms with Gasteiger partial charge in [0.2, 0.25) is 0 Å². The van der Waals surface area contributed by atoms with Crippen LogP contribution in [0.4, 0.5) is 4.39 Å². The highest BCUT2D eigenvalue weighted by Gasteiger charge is 2.12. The Balaban J connectivity index is 2.48. The summed E-state index contributed by atoms with van der Waals surface area (Å²) >= 11 is 0. The molecule has 2 N–H and O–H groups in total. The SMILES string of the molecule is CCC(O)CCNCc1ccc(C(=O)OC)c(F)c1. The molecular formula is C14H20FNO3. The van der Waals surface area contributed by atoms with Crippen molar-refractivity contribution in [1.29, 1.82) is 0 Å². The van der Waals surface area contributed by atoms with E-state index in [0.717, 1.165) is 12.0 Å². The predicted molar refractivity (Wildman–Crippen MR) is 70.4 cm³/mol. The molecule has 1 rings (SSSR count). The highest BCUT2D eigenvalue weighted by Crippen LogP contribution is 2.11. The summed E-state index contributed by atoms with van der Waals surface area (Å²) in [4.78, 5) is 11.2. The molecular weight excluding hydrogens is 249 g/mol. The lowest BCUT2D eigenvalue weighted by atomic mass is 10.1. The summed E-state index contributed by atoms with van der Waals surface area (Å²) in [7, 11) is 1.22. The van der Waals surface area contributed by atoms with E-state index in [1.54, 1.807) is 6.07 Å². The quantitative estimate of drug-likeness (QED) is 0.586. The average Bonchev–Trinajstić information content (AvgIpc) is 2.42. The number of ether oxygens (including phenoxy) is 1. The van der Waals surface area contributed by atoms with Gasteiger partial charge in [0.15, 0.2) is 0 Å². The van der Waals surface area contributed by atoms with Crippen molar-refractivity contribution in [1.82, 2.24) is 5.32 Å². The van der Waals surface area contributed by atoms with Gasteiger partial charge in [-0.1, -0.05) is 13.0 Å². The first kappa shape index (κ1) is 15.6. The Morgan fingerprint density at radius 1 is 1.53 bits per heavy atom. The molecule has 0 aromatic heterocycles. The summed E-state index contributed by atoms with van der Waals surface area (Å²) in [5.41, 5.74) is 0.684. The first-order chi connectivity index (χ1) is 9.08. The van der Waals surface area contributed by atoms with Crippen LogP contribution < -0.4 is 5.32 Å². The van der Waals surface area contributed by atoms with Crippen LogP contribution in [0.1, 0.15) is 35.7 Å². The van der Waals surface area contributed by atoms with Gasteiger partial charge in [-0.2, -0.15) is 0 Å². The fourth-order valence-corrected chi connectivity index (χ4v) is 1.65. The number of aliphatic hydroxyl groups excluding tert-OH is 1. The third kappa shape index (κ3) is 4.96. The van der Waals surface area contributed by atoms with Crippen molar-refractivity contribution in [3.05, 3.63) is 35.1 Å². The van der Waals surface area contributed by atoms with Crippen LogP contribution in [0.2, 0.25) is 0 Å². The molecule has 0 spiro atoms. The zero-order valence-electron chi connectivity index (χ0n) is 11.3. The minimum atomic E-state index is -0.678. The number of benzene rings is 1. The highest BCUT2D eigenvalue weighted by atomic mass is 19.1. The van der Waals surface area contributed by atoms with Crippen LogP contribution in [0.25, 0.3) is 0 Å². The van der Waals surface area contributed by atoms with Gasteiger partial charge in [-0.05, 0) is 37.1 Å². The molecule has 106 valence electrons. The van der Waals surface area contributed by atoms with E-state index in [1.165, 1.54) is 19.2 Å². The van der Waals surface area contributed by atoms with Crippen LogP contribution >= 0.6 is 0 Å². The van der Waals surface area contributed by atoms with E-state index in [2.05, 4.69) is 10.1 Å². The molecule has 0 heterocycles. The molecule has 0 amide bonds. The van der Waals surface area contributed by atoms with Crippen LogP contribution in [0.15, 0.2) is 18.2 Å². The van der Waals surface area contributed by atoms with Gasteiger partial charge in [0.05, 0.1) is 18.8 Å². The fourth-order valence-electron chi connectivity index (χ4n) is 1.65. The van der Waals surface area contributed by atoms with Crippen LogP contribution in [0.5, 0.6) is 0 Å². The number of carbonyl (C=O) groups is 1. The van der Waals surface area contributed by atoms with Gasteiger partial charge >= 0.3 is 5.97 Å². The van der Waals surface area contributed by atoms with E-state index in [0.29, 0.717) is 19.5 Å². The Labute approximate surface area is 112 Å². The zero-order valence-corrected chi connectivity index (χ0v) is 11.3. The summed E-state index contributed by atoms with van der Waals surface area (Å²) in [6, 6.07) is 4.41. The Hall–Kier alpha value is -1.46. The lowest BCUT2D eigenvalue weighted by Crippen LogP contribution is -2.20. The molecule has 0 saturated carbocycles. The average molecular weight is 269 g/mol. The molecule has 1 atom stereocenters. The van der Waals surface area contributed by atoms with Crippen molar-refractivity contribution in [2.45, 2.75) is 32.4 Å². The number of hydrogen-bond acceptors (Lipinski definition) is 4. The molecule has 1 unspecified atom stereocenters. The Kier molecular flexibility index (Phi) is 6.45. The van der Waals surface area contributed by atoms with Crippen LogP contribution in [0.3, 0.4) is 0 Å². The maximum absolute atomic E-state index is 13.6. The van der Waals surface area contributed by atoms with Gasteiger partial charge in [0.25, 0.3) is 0 Å². The number of hydrogen-bond donors (Lipinski definition) is 2. The fraction of sp³-hybridized carbons (Fsp3) is 0.500. The molecule has 0 aliphatic heterocycles. The van der Waals surface area contributed by atoms with Gasteiger partial charge in [0.1, 0.15) is 5.82 Å². The van der Waals surface area contributed by atoms with Gasteiger partial charge in [-0.15, -0.1) is 0 Å². The van der Waals surface area contributed by atoms with Crippen molar-refractivity contribution in [2.24, 2.45) is 0 Å². The van der Waals surface area contributed by atoms with E-state index in [4.69, 9.17) is 0 Å². The molecule has 5 heteroatoms. The molecule has 19 heavy (non-hydrogen) atoms. The number of rotatable bonds is 7. The number of carbonyl (C=O) groups excluding carboxylic acids is 1. The van der Waals surface area contributed by atoms with Gasteiger partial charge in [0, 0.05) is 6.54 Å². The minimum absolute atomic E-state index is 0.0624. The third-order valence-corrected chi connectivity index (χ3v) is 2.89. The number of aliphatic hydroxyl groups is 1. The second kappa shape index (κ2) is 7.86. The molecule has 0 saturated heterocycles. The normalized spacial score (nSPS) is 12.2. The van der Waals surface area contributed by atoms with Gasteiger partial charge < -0.3 is 15.2 Å². The number of esters is 1. The van der Waals surface area contributed by atoms with Crippen molar-refractivity contribution in [2.75, 3.05) is 13.7 Å². The highest BCUT2D eigenvalue weighted by molar-refractivity contribution is 5.89. The van der Waals surface area contributed by atoms with Crippen LogP contribution in [-0.2, 0) is 11.3 Å². The van der Waals surface area contributed by atoms with E-state index < -0.39 is 11.8 Å². The summed E-state index contributed by atoms with van der Waals surface area (Å²) in [6.07, 6.45) is 1.09. The van der Waals surface area contributed by atoms with Crippen LogP contribution in [0, 0.1) is 5.82 Å². The minimum Gasteiger partial charge on any atom is -0.465 e. The molecule has 4 nitrogen and oxygen atoms in total. The summed E-state index contributed by atoms with van der Waals surface area (Å²) < 4.78 is 18.1. The smallest absolute Gasteiger partial charge is 0.340 e. The molecule has 0 radical (unpaired) electrons. The second-order valence-electron chi connectivity index (χ2n) is 4.33. The van der Waals surface area contributed by atoms with Crippen LogP contribution in [-0.4, -0.2) is 30.8 Å². The van der Waals surface area contributed by atoms with Crippen molar-refractivity contribution in [3.63, 3.8) is 0 Å². The lowest BCUT2D eigenvalue weighted by molar-refractivity contribution is 0.0595. The maximum atomic E-state index is 13.6. The van der Waals surface area contributed by atoms with Crippen molar-refractivity contribution >= 4 is 5.97 Å². The largest absolute Gasteiger partial charge is 0.465 e. The second-order valence-corrected chi connectivity index (χ2v) is 4.33. The van der Waals surface area contributed by atoms with E-state index in [-0.39, 0.29) is 11.7 Å². The molecule has 0 aliphatic carbocycles. The molecule has 1 aromatic carbocycles. The van der Waals surface area contributed by atoms with E-state index in [9.17, 15) is 14.3 Å². The predicted octanol–water partition coefficient (Wildman–Crippen LogP) is 1.86. The van der Waals surface area contributed by atoms with Crippen molar-refractivity contribution < 1.29 is 19.0 Å². The lowest BCUT2D eigenvalue weighted by Gasteiger charge is -2.09. The number of nitrogens with one attached hydrogen (secondary N) is 1. The Morgan fingerprint density at radius 3 is 2.84 bits per heavy atom. The standard InChI is InChI=1S/C14H20FNO3/c1-3-11(17)6-7-16-9-10-4-5-12(13(15)8-10)14(18)19-2/h4-5,8,11,16-17H,3,6-7,9H2,1-2H3. The molecule has 0 fully saturated rings. The Morgan fingerprint density at radius 2 is 2.26 bits per heavy atom. The van der Waals surface area contributed by atoms with Gasteiger partial charge in [-0.3, -0.25) is 0 Å². The van der Waals surface area contributed by atoms with Gasteiger partial charge in [-0.25, -0.2) is 9.18 Å². The summed E-state index contributed by atoms with van der Waals surface area (Å²) in [6.45, 7) is 3.08. The monoisotopic (exact) mass is 269 g/mol. The van der Waals surface area contributed by atoms with Crippen molar-refractivity contribution in [3.8, 4) is 0 Å².